The van der Waals surface area contributed by atoms with Gasteiger partial charge < -0.3 is 21.7 Å². The Bertz CT molecular complexity index is 765. The number of anilines is 2. The number of hydrogen-bond acceptors (Lipinski definition) is 7. The van der Waals surface area contributed by atoms with Gasteiger partial charge in [-0.1, -0.05) is 23.2 Å². The van der Waals surface area contributed by atoms with Crippen LogP contribution in [0.5, 0.6) is 0 Å². The van der Waals surface area contributed by atoms with Crippen LogP contribution in [0.4, 0.5) is 11.9 Å². The molecule has 1 aromatic carbocycles. The summed E-state index contributed by atoms with van der Waals surface area (Å²) in [5.41, 5.74) is 11.5. The van der Waals surface area contributed by atoms with Crippen LogP contribution in [0.1, 0.15) is 0 Å². The van der Waals surface area contributed by atoms with Gasteiger partial charge in [0.15, 0.2) is 5.82 Å². The van der Waals surface area contributed by atoms with Crippen LogP contribution in [0.25, 0.3) is 11.4 Å². The number of carbonyl (C=O) groups is 2. The molecule has 0 saturated heterocycles. The van der Waals surface area contributed by atoms with Crippen LogP contribution in [0.2, 0.25) is 10.0 Å². The van der Waals surface area contributed by atoms with E-state index in [0.717, 1.165) is 0 Å². The number of nitrogens with zero attached hydrogens (tertiary/aromatic N) is 3. The Kier molecular flexibility index (Phi) is 9.21. The van der Waals surface area contributed by atoms with E-state index >= 15 is 0 Å². The lowest BCUT2D eigenvalue weighted by Crippen LogP contribution is -2.04. The summed E-state index contributed by atoms with van der Waals surface area (Å²) in [6, 6.07) is 4.95. The predicted molar refractivity (Wildman–Crippen MR) is 95.8 cm³/mol. The number of rotatable bonds is 3. The standard InChI is InChI=1S/C9H7Cl2N5.C4H4O4.ClH/c10-4-1-2-6(11)5(3-4)7-14-8(12)16-9(13)15-7;5-3(6)1-2-4(7)8;/h1-3H,(H4,12,13,14,15,16);1-2H,(H,5,6)(H,7,8);1H/b;2-1-;. The summed E-state index contributed by atoms with van der Waals surface area (Å²) < 4.78 is 0. The second-order valence-corrected chi connectivity index (χ2v) is 4.85. The third kappa shape index (κ3) is 8.15. The molecule has 0 saturated carbocycles. The van der Waals surface area contributed by atoms with Gasteiger partial charge in [-0.25, -0.2) is 9.59 Å². The molecule has 12 heteroatoms. The number of aliphatic carboxylic acids is 2. The molecule has 0 fully saturated rings. The van der Waals surface area contributed by atoms with Crippen molar-refractivity contribution >= 4 is 59.4 Å². The Morgan fingerprint density at radius 2 is 1.44 bits per heavy atom. The maximum Gasteiger partial charge on any atom is 0.328 e. The van der Waals surface area contributed by atoms with Gasteiger partial charge in [0, 0.05) is 22.7 Å². The van der Waals surface area contributed by atoms with Crippen LogP contribution in [-0.4, -0.2) is 37.1 Å². The zero-order chi connectivity index (χ0) is 18.3. The highest BCUT2D eigenvalue weighted by molar-refractivity contribution is 6.35. The van der Waals surface area contributed by atoms with Crippen molar-refractivity contribution in [1.82, 2.24) is 15.0 Å². The number of aromatic nitrogens is 3. The maximum absolute atomic E-state index is 9.55. The van der Waals surface area contributed by atoms with Crippen molar-refractivity contribution in [1.29, 1.82) is 0 Å². The Balaban J connectivity index is 0.000000552. The molecule has 0 unspecified atom stereocenters. The topological polar surface area (TPSA) is 165 Å². The first-order valence-electron chi connectivity index (χ1n) is 6.05. The monoisotopic (exact) mass is 407 g/mol. The number of hydrogen-bond donors (Lipinski definition) is 4. The van der Waals surface area contributed by atoms with E-state index in [4.69, 9.17) is 44.9 Å². The van der Waals surface area contributed by atoms with Gasteiger partial charge in [0.1, 0.15) is 0 Å². The van der Waals surface area contributed by atoms with Crippen LogP contribution in [-0.2, 0) is 9.59 Å². The highest BCUT2D eigenvalue weighted by Crippen LogP contribution is 2.28. The van der Waals surface area contributed by atoms with Gasteiger partial charge in [0.2, 0.25) is 11.9 Å². The maximum atomic E-state index is 9.55. The Labute approximate surface area is 157 Å². The Morgan fingerprint density at radius 1 is 0.960 bits per heavy atom. The fraction of sp³-hybridized carbons (Fsp3) is 0. The molecule has 134 valence electrons. The van der Waals surface area contributed by atoms with Gasteiger partial charge in [0.25, 0.3) is 0 Å². The van der Waals surface area contributed by atoms with E-state index in [-0.39, 0.29) is 24.3 Å². The summed E-state index contributed by atoms with van der Waals surface area (Å²) in [7, 11) is 0. The average molecular weight is 409 g/mol. The molecule has 0 amide bonds. The first-order valence-corrected chi connectivity index (χ1v) is 6.81. The first-order chi connectivity index (χ1) is 11.2. The van der Waals surface area contributed by atoms with E-state index in [0.29, 0.717) is 33.6 Å². The van der Waals surface area contributed by atoms with E-state index in [2.05, 4.69) is 15.0 Å². The smallest absolute Gasteiger partial charge is 0.328 e. The third-order valence-corrected chi connectivity index (χ3v) is 2.77. The second-order valence-electron chi connectivity index (χ2n) is 4.01. The van der Waals surface area contributed by atoms with Gasteiger partial charge in [-0.15, -0.1) is 12.4 Å². The number of carboxylic acid groups (broad SMARTS) is 2. The van der Waals surface area contributed by atoms with E-state index in [1.165, 1.54) is 0 Å². The van der Waals surface area contributed by atoms with Crippen LogP contribution >= 0.6 is 35.6 Å². The van der Waals surface area contributed by atoms with E-state index < -0.39 is 11.9 Å². The van der Waals surface area contributed by atoms with Crippen LogP contribution in [0.3, 0.4) is 0 Å². The quantitative estimate of drug-likeness (QED) is 0.556. The summed E-state index contributed by atoms with van der Waals surface area (Å²) >= 11 is 11.8. The highest BCUT2D eigenvalue weighted by Gasteiger charge is 2.09. The normalized spacial score (nSPS) is 9.68. The molecule has 0 radical (unpaired) electrons. The van der Waals surface area contributed by atoms with Crippen molar-refractivity contribution < 1.29 is 19.8 Å². The van der Waals surface area contributed by atoms with Crippen molar-refractivity contribution in [3.05, 3.63) is 40.4 Å². The van der Waals surface area contributed by atoms with Crippen molar-refractivity contribution in [2.45, 2.75) is 0 Å². The number of halogens is 3. The lowest BCUT2D eigenvalue weighted by molar-refractivity contribution is -0.134. The minimum Gasteiger partial charge on any atom is -0.478 e. The number of nitrogens with two attached hydrogens (primary N) is 2. The molecule has 2 rings (SSSR count). The molecule has 0 spiro atoms. The van der Waals surface area contributed by atoms with Crippen molar-refractivity contribution in [2.75, 3.05) is 11.5 Å². The second kappa shape index (κ2) is 10.3. The van der Waals surface area contributed by atoms with Gasteiger partial charge >= 0.3 is 11.9 Å². The molecule has 0 aliphatic heterocycles. The number of carboxylic acids is 2. The minimum atomic E-state index is -1.26. The molecule has 0 aliphatic carbocycles. The van der Waals surface area contributed by atoms with E-state index in [1.54, 1.807) is 18.2 Å². The van der Waals surface area contributed by atoms with E-state index in [1.807, 2.05) is 0 Å². The minimum absolute atomic E-state index is 0. The van der Waals surface area contributed by atoms with Crippen molar-refractivity contribution in [3.63, 3.8) is 0 Å². The lowest BCUT2D eigenvalue weighted by Gasteiger charge is -2.04. The largest absolute Gasteiger partial charge is 0.478 e. The van der Waals surface area contributed by atoms with E-state index in [9.17, 15) is 9.59 Å². The lowest BCUT2D eigenvalue weighted by atomic mass is 10.2. The van der Waals surface area contributed by atoms with Crippen molar-refractivity contribution in [2.24, 2.45) is 0 Å². The highest BCUT2D eigenvalue weighted by atomic mass is 35.5. The van der Waals surface area contributed by atoms with Gasteiger partial charge in [-0.2, -0.15) is 15.0 Å². The SMILES string of the molecule is Cl.Nc1nc(N)nc(-c2cc(Cl)ccc2Cl)n1.O=C(O)/C=C\C(=O)O. The fourth-order valence-corrected chi connectivity index (χ4v) is 1.72. The summed E-state index contributed by atoms with van der Waals surface area (Å²) in [5.74, 6) is -2.13. The zero-order valence-electron chi connectivity index (χ0n) is 12.3. The predicted octanol–water partition coefficient (Wildman–Crippen LogP) is 2.14. The summed E-state index contributed by atoms with van der Waals surface area (Å²) in [5, 5.41) is 16.6. The van der Waals surface area contributed by atoms with Gasteiger partial charge in [-0.05, 0) is 18.2 Å². The number of benzene rings is 1. The molecule has 0 aliphatic rings. The third-order valence-electron chi connectivity index (χ3n) is 2.21. The molecule has 0 bridgehead atoms. The molecule has 6 N–H and O–H groups in total. The molecule has 25 heavy (non-hydrogen) atoms. The molecule has 9 nitrogen and oxygen atoms in total. The zero-order valence-corrected chi connectivity index (χ0v) is 14.6. The van der Waals surface area contributed by atoms with Crippen LogP contribution < -0.4 is 11.5 Å². The Morgan fingerprint density at radius 3 is 1.88 bits per heavy atom. The Hall–Kier alpha value is -2.62. The van der Waals surface area contributed by atoms with Crippen LogP contribution in [0.15, 0.2) is 30.4 Å². The first kappa shape index (κ1) is 22.4. The average Bonchev–Trinajstić information content (AvgIpc) is 2.47. The number of nitrogen functional groups attached to an aromatic ring is 2. The molecular weight excluding hydrogens is 397 g/mol. The molecule has 0 atom stereocenters. The van der Waals surface area contributed by atoms with Crippen LogP contribution in [0, 0.1) is 0 Å². The molecule has 1 aromatic heterocycles. The summed E-state index contributed by atoms with van der Waals surface area (Å²) in [6.45, 7) is 0. The van der Waals surface area contributed by atoms with Gasteiger partial charge in [-0.3, -0.25) is 0 Å². The van der Waals surface area contributed by atoms with Gasteiger partial charge in [0.05, 0.1) is 5.02 Å². The molecular formula is C13H12Cl3N5O4. The summed E-state index contributed by atoms with van der Waals surface area (Å²) in [6.07, 6.45) is 1.12. The molecule has 1 heterocycles. The fourth-order valence-electron chi connectivity index (χ4n) is 1.34. The van der Waals surface area contributed by atoms with Crippen molar-refractivity contribution in [3.8, 4) is 11.4 Å². The molecule has 2 aromatic rings. The summed E-state index contributed by atoms with van der Waals surface area (Å²) in [4.78, 5) is 30.7.